The quantitative estimate of drug-likeness (QED) is 0.451. The van der Waals surface area contributed by atoms with Gasteiger partial charge in [0.15, 0.2) is 0 Å². The number of nitrogens with zero attached hydrogens (tertiary/aromatic N) is 1. The van der Waals surface area contributed by atoms with Gasteiger partial charge in [-0.2, -0.15) is 0 Å². The third-order valence-corrected chi connectivity index (χ3v) is 1.90. The van der Waals surface area contributed by atoms with E-state index in [4.69, 9.17) is 12.2 Å². The van der Waals surface area contributed by atoms with Gasteiger partial charge < -0.3 is 4.90 Å². The fourth-order valence-electron chi connectivity index (χ4n) is 0.910. The Hall–Kier alpha value is -0.960. The van der Waals surface area contributed by atoms with Crippen LogP contribution < -0.4 is 0 Å². The minimum absolute atomic E-state index is 0.0758. The first-order chi connectivity index (χ1) is 5.25. The van der Waals surface area contributed by atoms with Crippen molar-refractivity contribution in [3.8, 4) is 0 Å². The average molecular weight is 167 g/mol. The molecule has 1 rings (SSSR count). The van der Waals surface area contributed by atoms with Crippen LogP contribution in [-0.4, -0.2) is 28.8 Å². The highest BCUT2D eigenvalue weighted by Crippen LogP contribution is 2.01. The summed E-state index contributed by atoms with van der Waals surface area (Å²) in [7, 11) is 0. The first kappa shape index (κ1) is 8.14. The van der Waals surface area contributed by atoms with Crippen molar-refractivity contribution >= 4 is 23.0 Å². The zero-order valence-electron chi connectivity index (χ0n) is 6.12. The average Bonchev–Trinajstić information content (AvgIpc) is 1.99. The lowest BCUT2D eigenvalue weighted by Gasteiger charge is -2.23. The zero-order valence-corrected chi connectivity index (χ0v) is 6.93. The van der Waals surface area contributed by atoms with Gasteiger partial charge in [-0.3, -0.25) is 4.79 Å². The molecule has 0 aliphatic carbocycles. The number of ketones is 1. The zero-order chi connectivity index (χ0) is 8.27. The van der Waals surface area contributed by atoms with Crippen LogP contribution in [0.15, 0.2) is 24.8 Å². The maximum atomic E-state index is 11.0. The van der Waals surface area contributed by atoms with Gasteiger partial charge >= 0.3 is 0 Å². The molecule has 0 aromatic heterocycles. The molecule has 0 saturated carbocycles. The van der Waals surface area contributed by atoms with Gasteiger partial charge in [-0.15, -0.1) is 6.58 Å². The number of rotatable bonds is 2. The Labute approximate surface area is 71.2 Å². The number of hydrogen-bond acceptors (Lipinski definition) is 2. The lowest BCUT2D eigenvalue weighted by atomic mass is 10.2. The van der Waals surface area contributed by atoms with Gasteiger partial charge in [-0.25, -0.2) is 0 Å². The van der Waals surface area contributed by atoms with Crippen molar-refractivity contribution in [2.24, 2.45) is 0 Å². The van der Waals surface area contributed by atoms with Crippen molar-refractivity contribution in [3.05, 3.63) is 24.8 Å². The summed E-state index contributed by atoms with van der Waals surface area (Å²) >= 11 is 4.89. The summed E-state index contributed by atoms with van der Waals surface area (Å²) in [6, 6.07) is 0. The number of carbonyl (C=O) groups excluding carboxylic acids is 1. The van der Waals surface area contributed by atoms with Crippen LogP contribution >= 0.6 is 12.2 Å². The summed E-state index contributed by atoms with van der Waals surface area (Å²) in [5.74, 6) is -0.0758. The maximum absolute atomic E-state index is 11.0. The SMILES string of the molecule is C=CCN1CC=CC(=O)C1=S. The molecule has 0 amide bonds. The van der Waals surface area contributed by atoms with E-state index in [1.165, 1.54) is 6.08 Å². The van der Waals surface area contributed by atoms with E-state index in [0.717, 1.165) is 6.54 Å². The molecule has 0 unspecified atom stereocenters. The predicted octanol–water partition coefficient (Wildman–Crippen LogP) is 0.941. The predicted molar refractivity (Wildman–Crippen MR) is 48.5 cm³/mol. The highest BCUT2D eigenvalue weighted by molar-refractivity contribution is 7.82. The molecule has 0 radical (unpaired) electrons. The molecule has 0 aromatic rings. The Morgan fingerprint density at radius 2 is 2.55 bits per heavy atom. The van der Waals surface area contributed by atoms with Gasteiger partial charge in [0.2, 0.25) is 5.78 Å². The second-order valence-corrected chi connectivity index (χ2v) is 2.65. The highest BCUT2D eigenvalue weighted by Gasteiger charge is 2.16. The second-order valence-electron chi connectivity index (χ2n) is 2.27. The molecule has 11 heavy (non-hydrogen) atoms. The third-order valence-electron chi connectivity index (χ3n) is 1.44. The van der Waals surface area contributed by atoms with Crippen molar-refractivity contribution in [2.45, 2.75) is 0 Å². The van der Waals surface area contributed by atoms with Crippen molar-refractivity contribution in [1.82, 2.24) is 4.90 Å². The van der Waals surface area contributed by atoms with Crippen molar-refractivity contribution < 1.29 is 4.79 Å². The monoisotopic (exact) mass is 167 g/mol. The van der Waals surface area contributed by atoms with E-state index in [1.807, 2.05) is 11.0 Å². The van der Waals surface area contributed by atoms with Crippen LogP contribution in [0.25, 0.3) is 0 Å². The van der Waals surface area contributed by atoms with Gasteiger partial charge in [0.25, 0.3) is 0 Å². The summed E-state index contributed by atoms with van der Waals surface area (Å²) in [5.41, 5.74) is 0. The molecule has 1 aliphatic heterocycles. The summed E-state index contributed by atoms with van der Waals surface area (Å²) in [5, 5.41) is 0. The Kier molecular flexibility index (Phi) is 2.54. The van der Waals surface area contributed by atoms with Crippen LogP contribution in [0, 0.1) is 0 Å². The first-order valence-corrected chi connectivity index (χ1v) is 3.77. The van der Waals surface area contributed by atoms with Gasteiger partial charge in [0.1, 0.15) is 4.99 Å². The molecule has 0 atom stereocenters. The molecule has 0 aromatic carbocycles. The lowest BCUT2D eigenvalue weighted by molar-refractivity contribution is -0.109. The Morgan fingerprint density at radius 3 is 3.18 bits per heavy atom. The van der Waals surface area contributed by atoms with E-state index < -0.39 is 0 Å². The molecule has 58 valence electrons. The Balaban J connectivity index is 2.70. The normalized spacial score (nSPS) is 17.3. The van der Waals surface area contributed by atoms with Crippen LogP contribution in [-0.2, 0) is 4.79 Å². The number of carbonyl (C=O) groups is 1. The minimum Gasteiger partial charge on any atom is -0.352 e. The van der Waals surface area contributed by atoms with E-state index in [2.05, 4.69) is 6.58 Å². The standard InChI is InChI=1S/C8H9NOS/c1-2-5-9-6-3-4-7(10)8(9)11/h2-4H,1,5-6H2. The molecule has 0 bridgehead atoms. The summed E-state index contributed by atoms with van der Waals surface area (Å²) in [4.78, 5) is 13.2. The van der Waals surface area contributed by atoms with E-state index in [9.17, 15) is 4.79 Å². The molecule has 0 saturated heterocycles. The van der Waals surface area contributed by atoms with Crippen LogP contribution in [0.3, 0.4) is 0 Å². The van der Waals surface area contributed by atoms with E-state index in [-0.39, 0.29) is 5.78 Å². The first-order valence-electron chi connectivity index (χ1n) is 3.36. The Bertz CT molecular complexity index is 232. The van der Waals surface area contributed by atoms with E-state index in [0.29, 0.717) is 11.5 Å². The summed E-state index contributed by atoms with van der Waals surface area (Å²) in [6.07, 6.45) is 5.06. The molecule has 1 heterocycles. The van der Waals surface area contributed by atoms with E-state index >= 15 is 0 Å². The van der Waals surface area contributed by atoms with Crippen LogP contribution in [0.4, 0.5) is 0 Å². The molecule has 1 aliphatic rings. The number of hydrogen-bond donors (Lipinski definition) is 0. The summed E-state index contributed by atoms with van der Waals surface area (Å²) in [6.45, 7) is 4.94. The fourth-order valence-corrected chi connectivity index (χ4v) is 1.13. The summed E-state index contributed by atoms with van der Waals surface area (Å²) < 4.78 is 0. The molecule has 2 nitrogen and oxygen atoms in total. The molecule has 0 spiro atoms. The van der Waals surface area contributed by atoms with Gasteiger partial charge in [0.05, 0.1) is 0 Å². The van der Waals surface area contributed by atoms with Crippen molar-refractivity contribution in [2.75, 3.05) is 13.1 Å². The smallest absolute Gasteiger partial charge is 0.212 e. The molecule has 0 N–H and O–H groups in total. The van der Waals surface area contributed by atoms with Crippen molar-refractivity contribution in [1.29, 1.82) is 0 Å². The topological polar surface area (TPSA) is 20.3 Å². The van der Waals surface area contributed by atoms with Crippen LogP contribution in [0.1, 0.15) is 0 Å². The van der Waals surface area contributed by atoms with Crippen molar-refractivity contribution in [3.63, 3.8) is 0 Å². The Morgan fingerprint density at radius 1 is 1.82 bits per heavy atom. The van der Waals surface area contributed by atoms with E-state index in [1.54, 1.807) is 6.08 Å². The third kappa shape index (κ3) is 1.74. The number of thiocarbonyl (C=S) groups is 1. The highest BCUT2D eigenvalue weighted by atomic mass is 32.1. The minimum atomic E-state index is -0.0758. The second kappa shape index (κ2) is 3.44. The molecule has 0 fully saturated rings. The van der Waals surface area contributed by atoms with Crippen LogP contribution in [0.2, 0.25) is 0 Å². The fraction of sp³-hybridized carbons (Fsp3) is 0.250. The van der Waals surface area contributed by atoms with Gasteiger partial charge in [-0.1, -0.05) is 24.4 Å². The maximum Gasteiger partial charge on any atom is 0.212 e. The van der Waals surface area contributed by atoms with Gasteiger partial charge in [-0.05, 0) is 6.08 Å². The molecular formula is C8H9NOS. The largest absolute Gasteiger partial charge is 0.352 e. The molecular weight excluding hydrogens is 158 g/mol. The van der Waals surface area contributed by atoms with Gasteiger partial charge in [0, 0.05) is 13.1 Å². The lowest BCUT2D eigenvalue weighted by Crippen LogP contribution is -2.37. The molecule has 3 heteroatoms. The van der Waals surface area contributed by atoms with Crippen LogP contribution in [0.5, 0.6) is 0 Å².